The summed E-state index contributed by atoms with van der Waals surface area (Å²) in [6.45, 7) is 4.90. The molecule has 0 heterocycles. The molecule has 2 atom stereocenters. The Labute approximate surface area is 81.0 Å². The number of hydrogen-bond donors (Lipinski definition) is 2. The number of hydrogen-bond acceptors (Lipinski definition) is 3. The fourth-order valence-electron chi connectivity index (χ4n) is 2.34. The molecule has 2 unspecified atom stereocenters. The van der Waals surface area contributed by atoms with Crippen LogP contribution in [0.1, 0.15) is 39.5 Å². The highest BCUT2D eigenvalue weighted by molar-refractivity contribution is 4.83. The van der Waals surface area contributed by atoms with Crippen LogP contribution in [-0.4, -0.2) is 18.8 Å². The zero-order valence-corrected chi connectivity index (χ0v) is 8.75. The van der Waals surface area contributed by atoms with E-state index in [0.717, 1.165) is 6.61 Å². The normalized spacial score (nSPS) is 23.3. The Morgan fingerprint density at radius 3 is 2.54 bits per heavy atom. The Bertz CT molecular complexity index is 135. The van der Waals surface area contributed by atoms with Crippen LogP contribution in [0, 0.1) is 5.92 Å². The summed E-state index contributed by atoms with van der Waals surface area (Å²) in [6.07, 6.45) is 5.53. The Kier molecular flexibility index (Phi) is 4.70. The van der Waals surface area contributed by atoms with E-state index in [1.165, 1.54) is 25.7 Å². The first kappa shape index (κ1) is 11.0. The second kappa shape index (κ2) is 5.58. The van der Waals surface area contributed by atoms with Gasteiger partial charge in [0.05, 0.1) is 6.10 Å². The summed E-state index contributed by atoms with van der Waals surface area (Å²) < 4.78 is 5.56. The van der Waals surface area contributed by atoms with Crippen LogP contribution in [0.25, 0.3) is 0 Å². The first-order chi connectivity index (χ1) is 6.29. The maximum atomic E-state index is 5.56. The first-order valence-corrected chi connectivity index (χ1v) is 5.37. The summed E-state index contributed by atoms with van der Waals surface area (Å²) in [7, 11) is 0. The van der Waals surface area contributed by atoms with Gasteiger partial charge < -0.3 is 4.74 Å². The molecule has 3 nitrogen and oxygen atoms in total. The number of hydrazine groups is 1. The van der Waals surface area contributed by atoms with Crippen molar-refractivity contribution in [2.45, 2.75) is 51.7 Å². The van der Waals surface area contributed by atoms with Gasteiger partial charge in [-0.25, -0.2) is 0 Å². The van der Waals surface area contributed by atoms with Crippen molar-refractivity contribution in [1.82, 2.24) is 5.43 Å². The van der Waals surface area contributed by atoms with Gasteiger partial charge in [-0.1, -0.05) is 12.8 Å². The lowest BCUT2D eigenvalue weighted by atomic mass is 9.95. The average Bonchev–Trinajstić information content (AvgIpc) is 2.59. The van der Waals surface area contributed by atoms with Gasteiger partial charge in [-0.2, -0.15) is 0 Å². The lowest BCUT2D eigenvalue weighted by Gasteiger charge is -2.28. The Hall–Kier alpha value is -0.120. The summed E-state index contributed by atoms with van der Waals surface area (Å²) in [5, 5.41) is 0. The second-order valence-corrected chi connectivity index (χ2v) is 3.90. The van der Waals surface area contributed by atoms with Crippen molar-refractivity contribution in [3.05, 3.63) is 0 Å². The van der Waals surface area contributed by atoms with Crippen molar-refractivity contribution >= 4 is 0 Å². The standard InChI is InChI=1S/C10H22N2O/c1-3-13-8(2)10(12-11)9-6-4-5-7-9/h8-10,12H,3-7,11H2,1-2H3. The van der Waals surface area contributed by atoms with E-state index in [0.29, 0.717) is 12.0 Å². The lowest BCUT2D eigenvalue weighted by molar-refractivity contribution is 0.0307. The van der Waals surface area contributed by atoms with Gasteiger partial charge in [-0.3, -0.25) is 11.3 Å². The zero-order valence-electron chi connectivity index (χ0n) is 8.75. The molecular weight excluding hydrogens is 164 g/mol. The molecule has 1 fully saturated rings. The highest BCUT2D eigenvalue weighted by Crippen LogP contribution is 2.29. The number of rotatable bonds is 5. The van der Waals surface area contributed by atoms with E-state index in [2.05, 4.69) is 12.3 Å². The van der Waals surface area contributed by atoms with Crippen molar-refractivity contribution in [3.63, 3.8) is 0 Å². The van der Waals surface area contributed by atoms with E-state index < -0.39 is 0 Å². The third kappa shape index (κ3) is 2.93. The van der Waals surface area contributed by atoms with Gasteiger partial charge >= 0.3 is 0 Å². The number of nitrogens with two attached hydrogens (primary N) is 1. The minimum absolute atomic E-state index is 0.234. The Balaban J connectivity index is 2.39. The highest BCUT2D eigenvalue weighted by atomic mass is 16.5. The van der Waals surface area contributed by atoms with Crippen LogP contribution in [0.2, 0.25) is 0 Å². The largest absolute Gasteiger partial charge is 0.377 e. The Morgan fingerprint density at radius 1 is 1.46 bits per heavy atom. The molecule has 0 aromatic heterocycles. The quantitative estimate of drug-likeness (QED) is 0.504. The van der Waals surface area contributed by atoms with Crippen LogP contribution < -0.4 is 11.3 Å². The molecule has 0 bridgehead atoms. The summed E-state index contributed by atoms with van der Waals surface area (Å²) >= 11 is 0. The van der Waals surface area contributed by atoms with Gasteiger partial charge in [-0.05, 0) is 32.6 Å². The van der Waals surface area contributed by atoms with E-state index in [1.807, 2.05) is 6.92 Å². The molecule has 0 aliphatic heterocycles. The fraction of sp³-hybridized carbons (Fsp3) is 1.00. The molecule has 13 heavy (non-hydrogen) atoms. The van der Waals surface area contributed by atoms with Crippen LogP contribution in [-0.2, 0) is 4.74 Å². The van der Waals surface area contributed by atoms with Crippen molar-refractivity contribution < 1.29 is 4.74 Å². The summed E-state index contributed by atoms with van der Waals surface area (Å²) in [4.78, 5) is 0. The molecule has 0 aromatic carbocycles. The first-order valence-electron chi connectivity index (χ1n) is 5.37. The molecule has 1 aliphatic rings. The van der Waals surface area contributed by atoms with E-state index in [-0.39, 0.29) is 6.10 Å². The second-order valence-electron chi connectivity index (χ2n) is 3.90. The van der Waals surface area contributed by atoms with Crippen molar-refractivity contribution in [2.24, 2.45) is 11.8 Å². The summed E-state index contributed by atoms with van der Waals surface area (Å²) in [5.41, 5.74) is 2.90. The van der Waals surface area contributed by atoms with Gasteiger partial charge in [0.15, 0.2) is 0 Å². The molecule has 0 radical (unpaired) electrons. The molecule has 78 valence electrons. The molecule has 1 rings (SSSR count). The molecule has 0 aromatic rings. The van der Waals surface area contributed by atoms with Gasteiger partial charge in [-0.15, -0.1) is 0 Å². The minimum atomic E-state index is 0.234. The number of nitrogens with one attached hydrogen (secondary N) is 1. The molecule has 0 spiro atoms. The molecule has 0 saturated heterocycles. The topological polar surface area (TPSA) is 47.3 Å². The van der Waals surface area contributed by atoms with Crippen LogP contribution in [0.5, 0.6) is 0 Å². The third-order valence-electron chi connectivity index (χ3n) is 3.04. The molecule has 0 amide bonds. The predicted molar refractivity (Wildman–Crippen MR) is 54.2 cm³/mol. The van der Waals surface area contributed by atoms with Crippen molar-refractivity contribution in [3.8, 4) is 0 Å². The lowest BCUT2D eigenvalue weighted by Crippen LogP contribution is -2.48. The van der Waals surface area contributed by atoms with E-state index >= 15 is 0 Å². The van der Waals surface area contributed by atoms with Gasteiger partial charge in [0, 0.05) is 12.6 Å². The third-order valence-corrected chi connectivity index (χ3v) is 3.04. The van der Waals surface area contributed by atoms with E-state index in [9.17, 15) is 0 Å². The molecule has 1 saturated carbocycles. The van der Waals surface area contributed by atoms with Crippen molar-refractivity contribution in [1.29, 1.82) is 0 Å². The SMILES string of the molecule is CCOC(C)C(NN)C1CCCC1. The molecule has 3 N–H and O–H groups in total. The Morgan fingerprint density at radius 2 is 2.08 bits per heavy atom. The smallest absolute Gasteiger partial charge is 0.0715 e. The maximum Gasteiger partial charge on any atom is 0.0715 e. The number of ether oxygens (including phenoxy) is 1. The average molecular weight is 186 g/mol. The van der Waals surface area contributed by atoms with Crippen molar-refractivity contribution in [2.75, 3.05) is 6.61 Å². The minimum Gasteiger partial charge on any atom is -0.377 e. The fourth-order valence-corrected chi connectivity index (χ4v) is 2.34. The van der Waals surface area contributed by atoms with Crippen LogP contribution in [0.15, 0.2) is 0 Å². The summed E-state index contributed by atoms with van der Waals surface area (Å²) in [6, 6.07) is 0.336. The zero-order chi connectivity index (χ0) is 9.68. The van der Waals surface area contributed by atoms with Crippen LogP contribution in [0.3, 0.4) is 0 Å². The summed E-state index contributed by atoms with van der Waals surface area (Å²) in [5.74, 6) is 6.27. The molecular formula is C10H22N2O. The van der Waals surface area contributed by atoms with Crippen LogP contribution in [0.4, 0.5) is 0 Å². The van der Waals surface area contributed by atoms with E-state index in [1.54, 1.807) is 0 Å². The predicted octanol–water partition coefficient (Wildman–Crippen LogP) is 1.43. The molecule has 1 aliphatic carbocycles. The van der Waals surface area contributed by atoms with Gasteiger partial charge in [0.1, 0.15) is 0 Å². The van der Waals surface area contributed by atoms with Crippen LogP contribution >= 0.6 is 0 Å². The van der Waals surface area contributed by atoms with E-state index in [4.69, 9.17) is 10.6 Å². The highest BCUT2D eigenvalue weighted by Gasteiger charge is 2.28. The maximum absolute atomic E-state index is 5.56. The molecule has 3 heteroatoms. The van der Waals surface area contributed by atoms with Gasteiger partial charge in [0.2, 0.25) is 0 Å². The van der Waals surface area contributed by atoms with Gasteiger partial charge in [0.25, 0.3) is 0 Å². The monoisotopic (exact) mass is 186 g/mol.